The number of hydrogen-bond donors (Lipinski definition) is 2. The molecule has 5 nitrogen and oxygen atoms in total. The average Bonchev–Trinajstić information content (AvgIpc) is 3.11. The Labute approximate surface area is 179 Å². The van der Waals surface area contributed by atoms with Crippen molar-refractivity contribution in [3.63, 3.8) is 0 Å². The van der Waals surface area contributed by atoms with E-state index in [1.807, 2.05) is 24.3 Å². The van der Waals surface area contributed by atoms with E-state index in [4.69, 9.17) is 16.6 Å². The fraction of sp³-hybridized carbons (Fsp3) is 0.167. The predicted molar refractivity (Wildman–Crippen MR) is 119 cm³/mol. The highest BCUT2D eigenvalue weighted by Crippen LogP contribution is 2.23. The van der Waals surface area contributed by atoms with E-state index in [1.165, 1.54) is 10.5 Å². The van der Waals surface area contributed by atoms with Crippen molar-refractivity contribution >= 4 is 34.2 Å². The summed E-state index contributed by atoms with van der Waals surface area (Å²) in [5.74, 6) is 0.874. The minimum Gasteiger partial charge on any atom is -0.323 e. The van der Waals surface area contributed by atoms with Crippen LogP contribution in [-0.2, 0) is 19.6 Å². The molecule has 1 unspecified atom stereocenters. The van der Waals surface area contributed by atoms with E-state index < -0.39 is 0 Å². The average molecular weight is 418 g/mol. The van der Waals surface area contributed by atoms with E-state index in [-0.39, 0.29) is 5.91 Å². The molecule has 150 valence electrons. The monoisotopic (exact) mass is 417 g/mol. The third-order valence-electron chi connectivity index (χ3n) is 5.60. The SMILES string of the molecule is O=C(Nc1ccc2c(c1)nc1n2CC[NH+](Cc2ccccc2)C1)c1ccccc1Cl. The molecule has 3 aromatic carbocycles. The van der Waals surface area contributed by atoms with E-state index in [0.717, 1.165) is 48.7 Å². The van der Waals surface area contributed by atoms with Crippen LogP contribution in [0.2, 0.25) is 5.02 Å². The lowest BCUT2D eigenvalue weighted by Crippen LogP contribution is -3.10. The van der Waals surface area contributed by atoms with E-state index in [0.29, 0.717) is 10.6 Å². The molecule has 0 aliphatic carbocycles. The highest BCUT2D eigenvalue weighted by Gasteiger charge is 2.23. The minimum absolute atomic E-state index is 0.220. The van der Waals surface area contributed by atoms with Crippen molar-refractivity contribution < 1.29 is 9.69 Å². The Morgan fingerprint density at radius 1 is 1.07 bits per heavy atom. The number of hydrogen-bond acceptors (Lipinski definition) is 2. The summed E-state index contributed by atoms with van der Waals surface area (Å²) >= 11 is 6.14. The normalized spacial score (nSPS) is 15.7. The van der Waals surface area contributed by atoms with Crippen molar-refractivity contribution in [2.75, 3.05) is 11.9 Å². The molecule has 1 atom stereocenters. The zero-order valence-electron chi connectivity index (χ0n) is 16.4. The van der Waals surface area contributed by atoms with Crippen LogP contribution in [0.5, 0.6) is 0 Å². The molecule has 4 aromatic rings. The molecule has 1 aliphatic heterocycles. The fourth-order valence-corrected chi connectivity index (χ4v) is 4.32. The van der Waals surface area contributed by atoms with Gasteiger partial charge in [-0.25, -0.2) is 4.98 Å². The molecular formula is C24H22ClN4O+. The van der Waals surface area contributed by atoms with Gasteiger partial charge in [-0.2, -0.15) is 0 Å². The minimum atomic E-state index is -0.220. The first-order valence-corrected chi connectivity index (χ1v) is 10.5. The number of benzene rings is 3. The topological polar surface area (TPSA) is 51.4 Å². The number of rotatable bonds is 4. The first-order valence-electron chi connectivity index (χ1n) is 10.1. The van der Waals surface area contributed by atoms with Gasteiger partial charge in [0, 0.05) is 11.3 Å². The van der Waals surface area contributed by atoms with Gasteiger partial charge >= 0.3 is 0 Å². The fourth-order valence-electron chi connectivity index (χ4n) is 4.10. The second-order valence-corrected chi connectivity index (χ2v) is 8.06. The van der Waals surface area contributed by atoms with Crippen molar-refractivity contribution in [3.8, 4) is 0 Å². The van der Waals surface area contributed by atoms with Crippen LogP contribution in [0, 0.1) is 0 Å². The van der Waals surface area contributed by atoms with Crippen LogP contribution in [0.15, 0.2) is 72.8 Å². The molecule has 0 fully saturated rings. The van der Waals surface area contributed by atoms with E-state index in [9.17, 15) is 4.79 Å². The lowest BCUT2D eigenvalue weighted by atomic mass is 10.2. The number of nitrogens with one attached hydrogen (secondary N) is 2. The Kier molecular flexibility index (Phi) is 4.99. The maximum atomic E-state index is 12.6. The Balaban J connectivity index is 1.36. The van der Waals surface area contributed by atoms with Gasteiger partial charge in [-0.15, -0.1) is 0 Å². The molecule has 2 N–H and O–H groups in total. The summed E-state index contributed by atoms with van der Waals surface area (Å²) < 4.78 is 2.30. The first kappa shape index (κ1) is 18.9. The summed E-state index contributed by atoms with van der Waals surface area (Å²) in [6, 6.07) is 23.5. The highest BCUT2D eigenvalue weighted by molar-refractivity contribution is 6.34. The maximum Gasteiger partial charge on any atom is 0.257 e. The summed E-state index contributed by atoms with van der Waals surface area (Å²) in [7, 11) is 0. The number of amides is 1. The molecule has 6 heteroatoms. The van der Waals surface area contributed by atoms with Crippen molar-refractivity contribution in [2.24, 2.45) is 0 Å². The second-order valence-electron chi connectivity index (χ2n) is 7.66. The molecule has 30 heavy (non-hydrogen) atoms. The van der Waals surface area contributed by atoms with Gasteiger partial charge < -0.3 is 14.8 Å². The predicted octanol–water partition coefficient (Wildman–Crippen LogP) is 3.54. The van der Waals surface area contributed by atoms with E-state index >= 15 is 0 Å². The van der Waals surface area contributed by atoms with Gasteiger partial charge in [0.15, 0.2) is 5.82 Å². The third kappa shape index (κ3) is 3.70. The van der Waals surface area contributed by atoms with Gasteiger partial charge in [-0.05, 0) is 30.3 Å². The molecule has 0 radical (unpaired) electrons. The Bertz CT molecular complexity index is 1220. The van der Waals surface area contributed by atoms with Crippen molar-refractivity contribution in [1.82, 2.24) is 9.55 Å². The number of fused-ring (bicyclic) bond motifs is 3. The zero-order valence-corrected chi connectivity index (χ0v) is 17.2. The Morgan fingerprint density at radius 3 is 2.70 bits per heavy atom. The second kappa shape index (κ2) is 7.94. The van der Waals surface area contributed by atoms with Crippen LogP contribution in [0.3, 0.4) is 0 Å². The smallest absolute Gasteiger partial charge is 0.257 e. The number of carbonyl (C=O) groups is 1. The Hall–Kier alpha value is -3.15. The summed E-state index contributed by atoms with van der Waals surface area (Å²) in [6.45, 7) is 3.91. The summed E-state index contributed by atoms with van der Waals surface area (Å²) in [5, 5.41) is 3.37. The molecule has 1 amide bonds. The standard InChI is InChI=1S/C24H21ClN4O/c25-20-9-5-4-8-19(20)24(30)26-18-10-11-22-21(14-18)27-23-16-28(12-13-29(22)23)15-17-6-2-1-3-7-17/h1-11,14H,12-13,15-16H2,(H,26,30)/p+1. The van der Waals surface area contributed by atoms with Gasteiger partial charge in [-0.1, -0.05) is 54.1 Å². The van der Waals surface area contributed by atoms with Crippen molar-refractivity contribution in [2.45, 2.75) is 19.6 Å². The number of halogens is 1. The number of nitrogens with zero attached hydrogens (tertiary/aromatic N) is 2. The first-order chi connectivity index (χ1) is 14.7. The van der Waals surface area contributed by atoms with Gasteiger partial charge in [0.05, 0.1) is 34.7 Å². The lowest BCUT2D eigenvalue weighted by molar-refractivity contribution is -0.932. The van der Waals surface area contributed by atoms with Gasteiger partial charge in [-0.3, -0.25) is 4.79 Å². The van der Waals surface area contributed by atoms with Crippen LogP contribution < -0.4 is 10.2 Å². The number of anilines is 1. The largest absolute Gasteiger partial charge is 0.323 e. The van der Waals surface area contributed by atoms with Gasteiger partial charge in [0.1, 0.15) is 13.1 Å². The van der Waals surface area contributed by atoms with Crippen LogP contribution in [0.25, 0.3) is 11.0 Å². The molecule has 0 spiro atoms. The Morgan fingerprint density at radius 2 is 1.87 bits per heavy atom. The summed E-state index contributed by atoms with van der Waals surface area (Å²) in [4.78, 5) is 18.9. The van der Waals surface area contributed by atoms with E-state index in [1.54, 1.807) is 18.2 Å². The quantitative estimate of drug-likeness (QED) is 0.533. The molecule has 1 aliphatic rings. The van der Waals surface area contributed by atoms with Gasteiger partial charge in [0.2, 0.25) is 0 Å². The van der Waals surface area contributed by atoms with E-state index in [2.05, 4.69) is 40.2 Å². The number of aromatic nitrogens is 2. The van der Waals surface area contributed by atoms with Crippen LogP contribution in [-0.4, -0.2) is 22.0 Å². The molecule has 1 aromatic heterocycles. The van der Waals surface area contributed by atoms with Crippen molar-refractivity contribution in [3.05, 3.63) is 94.8 Å². The molecule has 0 saturated carbocycles. The molecule has 5 rings (SSSR count). The van der Waals surface area contributed by atoms with Gasteiger partial charge in [0.25, 0.3) is 5.91 Å². The highest BCUT2D eigenvalue weighted by atomic mass is 35.5. The molecule has 0 saturated heterocycles. The summed E-state index contributed by atoms with van der Waals surface area (Å²) in [5.41, 5.74) is 4.55. The maximum absolute atomic E-state index is 12.6. The van der Waals surface area contributed by atoms with Crippen LogP contribution in [0.4, 0.5) is 5.69 Å². The zero-order chi connectivity index (χ0) is 20.5. The molecule has 0 bridgehead atoms. The lowest BCUT2D eigenvalue weighted by Gasteiger charge is -2.25. The van der Waals surface area contributed by atoms with Crippen LogP contribution in [0.1, 0.15) is 21.7 Å². The molecular weight excluding hydrogens is 396 g/mol. The number of quaternary nitrogens is 1. The number of imidazole rings is 1. The van der Waals surface area contributed by atoms with Crippen LogP contribution >= 0.6 is 11.6 Å². The third-order valence-corrected chi connectivity index (χ3v) is 5.93. The summed E-state index contributed by atoms with van der Waals surface area (Å²) in [6.07, 6.45) is 0. The molecule has 2 heterocycles. The number of carbonyl (C=O) groups excluding carboxylic acids is 1. The van der Waals surface area contributed by atoms with Crippen molar-refractivity contribution in [1.29, 1.82) is 0 Å².